The number of likely N-dealkylation sites (tertiary alicyclic amines) is 2. The molecule has 1 aromatic carbocycles. The summed E-state index contributed by atoms with van der Waals surface area (Å²) < 4.78 is 5.17. The van der Waals surface area contributed by atoms with Crippen LogP contribution in [0.5, 0.6) is 0 Å². The van der Waals surface area contributed by atoms with Crippen molar-refractivity contribution in [1.82, 2.24) is 9.80 Å². The minimum Gasteiger partial charge on any atom is -0.450 e. The number of rotatable bonds is 3. The number of nitrogens with zero attached hydrogens (tertiary/aromatic N) is 3. The van der Waals surface area contributed by atoms with Crippen molar-refractivity contribution in [3.8, 4) is 0 Å². The molecule has 2 fully saturated rings. The zero-order valence-corrected chi connectivity index (χ0v) is 20.1. The normalized spacial score (nSPS) is 23.0. The molecule has 4 aliphatic rings. The van der Waals surface area contributed by atoms with Crippen molar-refractivity contribution in [3.63, 3.8) is 0 Å². The van der Waals surface area contributed by atoms with Gasteiger partial charge in [-0.05, 0) is 93.8 Å². The predicted octanol–water partition coefficient (Wildman–Crippen LogP) is 4.57. The number of hydrogen-bond donors (Lipinski definition) is 0. The van der Waals surface area contributed by atoms with Gasteiger partial charge in [-0.2, -0.15) is 0 Å². The predicted molar refractivity (Wildman–Crippen MR) is 130 cm³/mol. The number of piperidine rings is 2. The summed E-state index contributed by atoms with van der Waals surface area (Å²) in [4.78, 5) is 31.0. The van der Waals surface area contributed by atoms with Gasteiger partial charge in [0.15, 0.2) is 0 Å². The summed E-state index contributed by atoms with van der Waals surface area (Å²) in [5.74, 6) is 0.148. The zero-order valence-electron chi connectivity index (χ0n) is 20.1. The van der Waals surface area contributed by atoms with Crippen LogP contribution in [0.4, 0.5) is 10.5 Å². The Morgan fingerprint density at radius 2 is 1.88 bits per heavy atom. The van der Waals surface area contributed by atoms with Gasteiger partial charge >= 0.3 is 6.09 Å². The van der Waals surface area contributed by atoms with Crippen molar-refractivity contribution in [2.75, 3.05) is 44.2 Å². The number of carbonyl (C=O) groups is 2. The fraction of sp³-hybridized carbons (Fsp3) is 0.630. The van der Waals surface area contributed by atoms with Gasteiger partial charge < -0.3 is 19.4 Å². The highest BCUT2D eigenvalue weighted by atomic mass is 16.6. The number of allylic oxidation sites excluding steroid dienone is 2. The highest BCUT2D eigenvalue weighted by Crippen LogP contribution is 2.48. The number of hydrogen-bond acceptors (Lipinski definition) is 4. The van der Waals surface area contributed by atoms with Crippen LogP contribution in [0, 0.1) is 0 Å². The molecule has 1 spiro atoms. The number of ether oxygens (including phenoxy) is 1. The summed E-state index contributed by atoms with van der Waals surface area (Å²) in [6.07, 6.45) is 10.0. The number of fused-ring (bicyclic) bond motifs is 2. The lowest BCUT2D eigenvalue weighted by Gasteiger charge is -2.45. The first-order valence-electron chi connectivity index (χ1n) is 12.8. The largest absolute Gasteiger partial charge is 0.450 e. The van der Waals surface area contributed by atoms with E-state index in [1.807, 2.05) is 16.7 Å². The van der Waals surface area contributed by atoms with Gasteiger partial charge in [0.25, 0.3) is 0 Å². The Morgan fingerprint density at radius 3 is 2.52 bits per heavy atom. The van der Waals surface area contributed by atoms with Gasteiger partial charge in [0.05, 0.1) is 6.61 Å². The molecule has 0 radical (unpaired) electrons. The maximum Gasteiger partial charge on any atom is 0.409 e. The molecule has 0 aromatic heterocycles. The van der Waals surface area contributed by atoms with Crippen LogP contribution in [0.1, 0.15) is 69.9 Å². The van der Waals surface area contributed by atoms with E-state index in [9.17, 15) is 9.59 Å². The van der Waals surface area contributed by atoms with Gasteiger partial charge in [-0.3, -0.25) is 4.79 Å². The number of carbonyl (C=O) groups excluding carboxylic acids is 2. The summed E-state index contributed by atoms with van der Waals surface area (Å²) >= 11 is 0. The lowest BCUT2D eigenvalue weighted by atomic mass is 9.73. The molecular formula is C27H37N3O3. The standard InChI is InChI=1S/C27H37N3O3/c1-3-33-26(32)29-14-10-23(11-15-29)28-16-12-27(13-17-28)19-30(20(2)31)25-9-8-22(18-24(25)27)21-6-4-5-7-21/h6,8-9,18,23H,3-5,7,10-17,19H2,1-2H3. The molecule has 33 heavy (non-hydrogen) atoms. The monoisotopic (exact) mass is 451 g/mol. The number of anilines is 1. The van der Waals surface area contributed by atoms with E-state index in [0.717, 1.165) is 64.1 Å². The lowest BCUT2D eigenvalue weighted by Crippen LogP contribution is -2.52. The van der Waals surface area contributed by atoms with Crippen LogP contribution in [0.3, 0.4) is 0 Å². The molecule has 178 valence electrons. The van der Waals surface area contributed by atoms with Gasteiger partial charge in [0.1, 0.15) is 0 Å². The Balaban J connectivity index is 1.29. The molecule has 0 N–H and O–H groups in total. The van der Waals surface area contributed by atoms with Crippen LogP contribution in [-0.2, 0) is 14.9 Å². The van der Waals surface area contributed by atoms with E-state index >= 15 is 0 Å². The van der Waals surface area contributed by atoms with E-state index in [2.05, 4.69) is 29.2 Å². The summed E-state index contributed by atoms with van der Waals surface area (Å²) in [5, 5.41) is 0. The van der Waals surface area contributed by atoms with E-state index in [1.165, 1.54) is 36.0 Å². The van der Waals surface area contributed by atoms with E-state index in [0.29, 0.717) is 12.6 Å². The molecule has 0 saturated carbocycles. The minimum absolute atomic E-state index is 0.0678. The average molecular weight is 452 g/mol. The second-order valence-electron chi connectivity index (χ2n) is 10.2. The molecule has 3 aliphatic heterocycles. The molecule has 2 saturated heterocycles. The fourth-order valence-electron chi connectivity index (χ4n) is 6.46. The Labute approximate surface area is 197 Å². The minimum atomic E-state index is -0.173. The van der Waals surface area contributed by atoms with Crippen molar-refractivity contribution in [2.24, 2.45) is 0 Å². The highest BCUT2D eigenvalue weighted by Gasteiger charge is 2.46. The first kappa shape index (κ1) is 22.5. The Hall–Kier alpha value is -2.34. The Bertz CT molecular complexity index is 940. The van der Waals surface area contributed by atoms with Crippen LogP contribution in [0.25, 0.3) is 5.57 Å². The van der Waals surface area contributed by atoms with Gasteiger partial charge in [-0.1, -0.05) is 12.1 Å². The fourth-order valence-corrected chi connectivity index (χ4v) is 6.46. The van der Waals surface area contributed by atoms with Gasteiger partial charge in [-0.25, -0.2) is 4.79 Å². The molecule has 6 nitrogen and oxygen atoms in total. The molecule has 0 bridgehead atoms. The molecule has 5 rings (SSSR count). The molecule has 0 unspecified atom stereocenters. The van der Waals surface area contributed by atoms with E-state index in [4.69, 9.17) is 4.74 Å². The third kappa shape index (κ3) is 4.18. The third-order valence-electron chi connectivity index (χ3n) is 8.37. The SMILES string of the molecule is CCOC(=O)N1CCC(N2CCC3(CC2)CN(C(C)=O)c2ccc(C4=CCCC4)cc23)CC1. The van der Waals surface area contributed by atoms with Crippen LogP contribution in [-0.4, -0.2) is 67.2 Å². The first-order chi connectivity index (χ1) is 16.0. The van der Waals surface area contributed by atoms with Crippen molar-refractivity contribution < 1.29 is 14.3 Å². The van der Waals surface area contributed by atoms with E-state index in [1.54, 1.807) is 6.92 Å². The molecule has 0 atom stereocenters. The molecule has 1 aliphatic carbocycles. The van der Waals surface area contributed by atoms with Crippen molar-refractivity contribution in [2.45, 2.75) is 70.3 Å². The van der Waals surface area contributed by atoms with Crippen molar-refractivity contribution in [1.29, 1.82) is 0 Å². The maximum absolute atomic E-state index is 12.5. The smallest absolute Gasteiger partial charge is 0.409 e. The number of amides is 2. The summed E-state index contributed by atoms with van der Waals surface area (Å²) in [7, 11) is 0. The molecular weight excluding hydrogens is 414 g/mol. The van der Waals surface area contributed by atoms with Crippen molar-refractivity contribution in [3.05, 3.63) is 35.4 Å². The Kier molecular flexibility index (Phi) is 6.21. The lowest BCUT2D eigenvalue weighted by molar-refractivity contribution is -0.116. The molecule has 3 heterocycles. The van der Waals surface area contributed by atoms with Crippen LogP contribution < -0.4 is 4.90 Å². The first-order valence-corrected chi connectivity index (χ1v) is 12.8. The van der Waals surface area contributed by atoms with E-state index < -0.39 is 0 Å². The molecule has 6 heteroatoms. The van der Waals surface area contributed by atoms with Crippen molar-refractivity contribution >= 4 is 23.3 Å². The zero-order chi connectivity index (χ0) is 23.0. The van der Waals surface area contributed by atoms with Gasteiger partial charge in [0.2, 0.25) is 5.91 Å². The topological polar surface area (TPSA) is 53.1 Å². The summed E-state index contributed by atoms with van der Waals surface area (Å²) in [6, 6.07) is 7.35. The maximum atomic E-state index is 12.5. The quantitative estimate of drug-likeness (QED) is 0.675. The van der Waals surface area contributed by atoms with Crippen LogP contribution in [0.2, 0.25) is 0 Å². The second kappa shape index (κ2) is 9.13. The van der Waals surface area contributed by atoms with Gasteiger partial charge in [0, 0.05) is 43.7 Å². The summed E-state index contributed by atoms with van der Waals surface area (Å²) in [5.41, 5.74) is 5.41. The second-order valence-corrected chi connectivity index (χ2v) is 10.2. The Morgan fingerprint density at radius 1 is 1.12 bits per heavy atom. The van der Waals surface area contributed by atoms with Gasteiger partial charge in [-0.15, -0.1) is 0 Å². The average Bonchev–Trinajstić information content (AvgIpc) is 3.47. The van der Waals surface area contributed by atoms with E-state index in [-0.39, 0.29) is 17.4 Å². The molecule has 1 aromatic rings. The highest BCUT2D eigenvalue weighted by molar-refractivity contribution is 5.95. The molecule has 2 amide bonds. The van der Waals surface area contributed by atoms with Crippen LogP contribution >= 0.6 is 0 Å². The van der Waals surface area contributed by atoms with Crippen LogP contribution in [0.15, 0.2) is 24.3 Å². The third-order valence-corrected chi connectivity index (χ3v) is 8.37. The summed E-state index contributed by atoms with van der Waals surface area (Å²) in [6.45, 7) is 8.48. The number of benzene rings is 1.